The summed E-state index contributed by atoms with van der Waals surface area (Å²) in [5.41, 5.74) is 4.27. The highest BCUT2D eigenvalue weighted by Gasteiger charge is 2.22. The van der Waals surface area contributed by atoms with Crippen molar-refractivity contribution in [3.05, 3.63) is 29.3 Å². The van der Waals surface area contributed by atoms with Gasteiger partial charge >= 0.3 is 0 Å². The largest absolute Gasteiger partial charge is 0.381 e. The first kappa shape index (κ1) is 15.8. The van der Waals surface area contributed by atoms with E-state index in [1.807, 2.05) is 0 Å². The van der Waals surface area contributed by atoms with Crippen molar-refractivity contribution in [2.75, 3.05) is 11.1 Å². The Morgan fingerprint density at radius 2 is 1.90 bits per heavy atom. The summed E-state index contributed by atoms with van der Waals surface area (Å²) in [5, 5.41) is 4.54. The Balaban J connectivity index is 2.21. The summed E-state index contributed by atoms with van der Waals surface area (Å²) in [6, 6.07) is 7.62. The SMILES string of the molecule is CC(C)c1ccc(NC2CCCSC2C)c(C(C)C)c1. The van der Waals surface area contributed by atoms with Crippen LogP contribution in [0.4, 0.5) is 5.69 Å². The molecule has 1 nitrogen and oxygen atoms in total. The minimum absolute atomic E-state index is 0.572. The molecular formula is C18H29NS. The zero-order chi connectivity index (χ0) is 14.7. The zero-order valence-corrected chi connectivity index (χ0v) is 14.4. The molecule has 1 saturated heterocycles. The highest BCUT2D eigenvalue weighted by atomic mass is 32.2. The number of rotatable bonds is 4. The van der Waals surface area contributed by atoms with E-state index in [-0.39, 0.29) is 0 Å². The lowest BCUT2D eigenvalue weighted by atomic mass is 9.93. The maximum absolute atomic E-state index is 3.83. The van der Waals surface area contributed by atoms with Gasteiger partial charge in [-0.2, -0.15) is 11.8 Å². The fourth-order valence-electron chi connectivity index (χ4n) is 2.86. The predicted molar refractivity (Wildman–Crippen MR) is 93.2 cm³/mol. The lowest BCUT2D eigenvalue weighted by Crippen LogP contribution is -2.33. The third-order valence-corrected chi connectivity index (χ3v) is 5.69. The number of anilines is 1. The van der Waals surface area contributed by atoms with Crippen LogP contribution in [0.15, 0.2) is 18.2 Å². The summed E-state index contributed by atoms with van der Waals surface area (Å²) >= 11 is 2.11. The fourth-order valence-corrected chi connectivity index (χ4v) is 4.00. The van der Waals surface area contributed by atoms with Gasteiger partial charge in [0.05, 0.1) is 0 Å². The van der Waals surface area contributed by atoms with E-state index in [2.05, 4.69) is 69.9 Å². The van der Waals surface area contributed by atoms with Gasteiger partial charge in [-0.3, -0.25) is 0 Å². The molecule has 0 spiro atoms. The molecule has 1 fully saturated rings. The fraction of sp³-hybridized carbons (Fsp3) is 0.667. The quantitative estimate of drug-likeness (QED) is 0.771. The molecular weight excluding hydrogens is 262 g/mol. The van der Waals surface area contributed by atoms with Crippen LogP contribution in [0.25, 0.3) is 0 Å². The Morgan fingerprint density at radius 3 is 2.50 bits per heavy atom. The average Bonchev–Trinajstić information content (AvgIpc) is 2.41. The van der Waals surface area contributed by atoms with E-state index in [0.717, 1.165) is 0 Å². The topological polar surface area (TPSA) is 12.0 Å². The lowest BCUT2D eigenvalue weighted by molar-refractivity contribution is 0.616. The van der Waals surface area contributed by atoms with Gasteiger partial charge in [-0.1, -0.05) is 46.8 Å². The van der Waals surface area contributed by atoms with Gasteiger partial charge in [-0.15, -0.1) is 0 Å². The van der Waals surface area contributed by atoms with Crippen molar-refractivity contribution in [2.45, 2.75) is 70.6 Å². The molecule has 0 radical (unpaired) electrons. The van der Waals surface area contributed by atoms with Gasteiger partial charge in [0.25, 0.3) is 0 Å². The molecule has 1 aliphatic rings. The molecule has 2 heteroatoms. The third-order valence-electron chi connectivity index (χ3n) is 4.31. The van der Waals surface area contributed by atoms with Crippen LogP contribution in [0.1, 0.15) is 70.4 Å². The van der Waals surface area contributed by atoms with Crippen molar-refractivity contribution in [3.63, 3.8) is 0 Å². The minimum atomic E-state index is 0.572. The van der Waals surface area contributed by atoms with Crippen molar-refractivity contribution < 1.29 is 0 Å². The second-order valence-electron chi connectivity index (χ2n) is 6.63. The van der Waals surface area contributed by atoms with Gasteiger partial charge in [0.2, 0.25) is 0 Å². The molecule has 2 rings (SSSR count). The number of hydrogen-bond acceptors (Lipinski definition) is 2. The predicted octanol–water partition coefficient (Wildman–Crippen LogP) is 5.63. The molecule has 1 aliphatic heterocycles. The second-order valence-corrected chi connectivity index (χ2v) is 8.11. The van der Waals surface area contributed by atoms with E-state index >= 15 is 0 Å². The van der Waals surface area contributed by atoms with Crippen molar-refractivity contribution in [2.24, 2.45) is 0 Å². The van der Waals surface area contributed by atoms with E-state index in [1.165, 1.54) is 35.4 Å². The molecule has 0 saturated carbocycles. The molecule has 2 unspecified atom stereocenters. The highest BCUT2D eigenvalue weighted by Crippen LogP contribution is 2.32. The van der Waals surface area contributed by atoms with Crippen LogP contribution >= 0.6 is 11.8 Å². The lowest BCUT2D eigenvalue weighted by Gasteiger charge is -2.31. The van der Waals surface area contributed by atoms with E-state index in [0.29, 0.717) is 23.1 Å². The Hall–Kier alpha value is -0.630. The molecule has 1 aromatic rings. The normalized spacial score (nSPS) is 23.4. The molecule has 2 atom stereocenters. The Morgan fingerprint density at radius 1 is 1.15 bits per heavy atom. The van der Waals surface area contributed by atoms with Crippen LogP contribution < -0.4 is 5.32 Å². The van der Waals surface area contributed by atoms with Crippen LogP contribution in [-0.2, 0) is 0 Å². The highest BCUT2D eigenvalue weighted by molar-refractivity contribution is 8.00. The van der Waals surface area contributed by atoms with Gasteiger partial charge in [0.15, 0.2) is 0 Å². The summed E-state index contributed by atoms with van der Waals surface area (Å²) in [4.78, 5) is 0. The molecule has 112 valence electrons. The van der Waals surface area contributed by atoms with Crippen LogP contribution in [0.3, 0.4) is 0 Å². The maximum Gasteiger partial charge on any atom is 0.0378 e. The zero-order valence-electron chi connectivity index (χ0n) is 13.6. The first-order chi connectivity index (χ1) is 9.49. The number of thioether (sulfide) groups is 1. The van der Waals surface area contributed by atoms with Gasteiger partial charge < -0.3 is 5.32 Å². The molecule has 0 aliphatic carbocycles. The monoisotopic (exact) mass is 291 g/mol. The van der Waals surface area contributed by atoms with Gasteiger partial charge in [-0.25, -0.2) is 0 Å². The van der Waals surface area contributed by atoms with E-state index < -0.39 is 0 Å². The van der Waals surface area contributed by atoms with E-state index in [1.54, 1.807) is 0 Å². The van der Waals surface area contributed by atoms with E-state index in [4.69, 9.17) is 0 Å². The van der Waals surface area contributed by atoms with Gasteiger partial charge in [-0.05, 0) is 47.6 Å². The standard InChI is InChI=1S/C18H29NS/c1-12(2)15-8-9-18(16(11-15)13(3)4)19-17-7-6-10-20-14(17)5/h8-9,11-14,17,19H,6-7,10H2,1-5H3. The molecule has 1 N–H and O–H groups in total. The first-order valence-corrected chi connectivity index (χ1v) is 9.06. The summed E-state index contributed by atoms with van der Waals surface area (Å²) < 4.78 is 0. The van der Waals surface area contributed by atoms with E-state index in [9.17, 15) is 0 Å². The molecule has 1 aromatic carbocycles. The van der Waals surface area contributed by atoms with Crippen LogP contribution in [-0.4, -0.2) is 17.0 Å². The van der Waals surface area contributed by atoms with Crippen LogP contribution in [0.5, 0.6) is 0 Å². The average molecular weight is 292 g/mol. The molecule has 0 amide bonds. The molecule has 1 heterocycles. The third kappa shape index (κ3) is 3.72. The van der Waals surface area contributed by atoms with Crippen LogP contribution in [0, 0.1) is 0 Å². The van der Waals surface area contributed by atoms with Crippen molar-refractivity contribution in [1.82, 2.24) is 0 Å². The van der Waals surface area contributed by atoms with Crippen molar-refractivity contribution >= 4 is 17.4 Å². The number of benzene rings is 1. The minimum Gasteiger partial charge on any atom is -0.381 e. The van der Waals surface area contributed by atoms with Crippen molar-refractivity contribution in [1.29, 1.82) is 0 Å². The Kier molecular flexibility index (Phi) is 5.42. The summed E-state index contributed by atoms with van der Waals surface area (Å²) in [6.45, 7) is 11.5. The smallest absolute Gasteiger partial charge is 0.0378 e. The molecule has 20 heavy (non-hydrogen) atoms. The van der Waals surface area contributed by atoms with Gasteiger partial charge in [0, 0.05) is 17.0 Å². The number of hydrogen-bond donors (Lipinski definition) is 1. The Labute approximate surface area is 128 Å². The van der Waals surface area contributed by atoms with Crippen molar-refractivity contribution in [3.8, 4) is 0 Å². The summed E-state index contributed by atoms with van der Waals surface area (Å²) in [6.07, 6.45) is 2.64. The Bertz CT molecular complexity index is 439. The number of nitrogens with one attached hydrogen (secondary N) is 1. The second kappa shape index (κ2) is 6.89. The molecule has 0 aromatic heterocycles. The van der Waals surface area contributed by atoms with Gasteiger partial charge in [0.1, 0.15) is 0 Å². The summed E-state index contributed by atoms with van der Waals surface area (Å²) in [7, 11) is 0. The van der Waals surface area contributed by atoms with Crippen LogP contribution in [0.2, 0.25) is 0 Å². The summed E-state index contributed by atoms with van der Waals surface area (Å²) in [5.74, 6) is 2.50. The maximum atomic E-state index is 3.83. The first-order valence-electron chi connectivity index (χ1n) is 8.01. The molecule has 0 bridgehead atoms.